The molecule has 0 aliphatic rings. The van der Waals surface area contributed by atoms with Crippen LogP contribution in [0.2, 0.25) is 0 Å². The first-order chi connectivity index (χ1) is 4.61. The summed E-state index contributed by atoms with van der Waals surface area (Å²) in [5.74, 6) is 0. The highest BCUT2D eigenvalue weighted by molar-refractivity contribution is 5.20. The second-order valence-corrected chi connectivity index (χ2v) is 2.01. The Kier molecular flexibility index (Phi) is 1.70. The molecule has 0 atom stereocenters. The van der Waals surface area contributed by atoms with Crippen LogP contribution < -0.4 is 0 Å². The summed E-state index contributed by atoms with van der Waals surface area (Å²) in [4.78, 5) is 0. The molecule has 1 rings (SSSR count). The minimum absolute atomic E-state index is 0.0949. The van der Waals surface area contributed by atoms with Gasteiger partial charge in [0.05, 0.1) is 11.3 Å². The average Bonchev–Trinajstić information content (AvgIpc) is 2.10. The maximum absolute atomic E-state index is 11.9. The van der Waals surface area contributed by atoms with Crippen molar-refractivity contribution in [1.82, 2.24) is 9.78 Å². The van der Waals surface area contributed by atoms with Crippen molar-refractivity contribution in [3.8, 4) is 0 Å². The number of halogens is 2. The molecule has 0 saturated heterocycles. The zero-order valence-corrected chi connectivity index (χ0v) is 5.51. The molecule has 1 aromatic rings. The number of hydrogen-bond acceptors (Lipinski definition) is 1. The van der Waals surface area contributed by atoms with Gasteiger partial charge in [-0.2, -0.15) is 5.10 Å². The highest BCUT2D eigenvalue weighted by atomic mass is 19.3. The maximum atomic E-state index is 11.9. The Morgan fingerprint density at radius 2 is 2.30 bits per heavy atom. The van der Waals surface area contributed by atoms with E-state index in [1.165, 1.54) is 10.9 Å². The fraction of sp³-hybridized carbons (Fsp3) is 0.333. The van der Waals surface area contributed by atoms with E-state index in [-0.39, 0.29) is 11.3 Å². The molecule has 10 heavy (non-hydrogen) atoms. The van der Waals surface area contributed by atoms with Gasteiger partial charge in [-0.05, 0) is 6.92 Å². The van der Waals surface area contributed by atoms with Crippen LogP contribution in [0.3, 0.4) is 0 Å². The first-order valence-corrected chi connectivity index (χ1v) is 2.75. The van der Waals surface area contributed by atoms with Crippen molar-refractivity contribution in [3.63, 3.8) is 0 Å². The van der Waals surface area contributed by atoms with E-state index >= 15 is 0 Å². The van der Waals surface area contributed by atoms with Crippen molar-refractivity contribution in [3.05, 3.63) is 24.4 Å². The molecule has 0 bridgehead atoms. The smallest absolute Gasteiger partial charge is 0.267 e. The molecular formula is C6H7F2N2. The number of aromatic nitrogens is 2. The summed E-state index contributed by atoms with van der Waals surface area (Å²) in [6, 6.07) is 0. The van der Waals surface area contributed by atoms with Gasteiger partial charge in [0.2, 0.25) is 0 Å². The van der Waals surface area contributed by atoms with E-state index in [1.54, 1.807) is 7.05 Å². The lowest BCUT2D eigenvalue weighted by atomic mass is 10.3. The standard InChI is InChI=1S/C6H7F2N2/c1-4-5(6(7)8)3-10(2)9-4/h3,6H,1H2,2H3. The maximum Gasteiger partial charge on any atom is 0.267 e. The Balaban J connectivity index is 3.03. The van der Waals surface area contributed by atoms with Gasteiger partial charge in [0.1, 0.15) is 0 Å². The quantitative estimate of drug-likeness (QED) is 0.586. The second-order valence-electron chi connectivity index (χ2n) is 2.01. The van der Waals surface area contributed by atoms with E-state index in [1.807, 2.05) is 0 Å². The van der Waals surface area contributed by atoms with Crippen molar-refractivity contribution in [2.75, 3.05) is 0 Å². The van der Waals surface area contributed by atoms with Gasteiger partial charge in [-0.1, -0.05) is 0 Å². The molecule has 0 aliphatic heterocycles. The van der Waals surface area contributed by atoms with Crippen molar-refractivity contribution >= 4 is 0 Å². The van der Waals surface area contributed by atoms with Crippen LogP contribution in [0.15, 0.2) is 6.20 Å². The highest BCUT2D eigenvalue weighted by Gasteiger charge is 2.12. The average molecular weight is 145 g/mol. The van der Waals surface area contributed by atoms with Crippen LogP contribution >= 0.6 is 0 Å². The summed E-state index contributed by atoms with van der Waals surface area (Å²) in [6.07, 6.45) is -1.20. The molecule has 0 N–H and O–H groups in total. The Morgan fingerprint density at radius 1 is 1.70 bits per heavy atom. The summed E-state index contributed by atoms with van der Waals surface area (Å²) < 4.78 is 25.2. The second kappa shape index (κ2) is 2.36. The topological polar surface area (TPSA) is 17.8 Å². The molecule has 1 aromatic heterocycles. The van der Waals surface area contributed by atoms with Crippen LogP contribution in [0.25, 0.3) is 0 Å². The van der Waals surface area contributed by atoms with Crippen LogP contribution in [0.4, 0.5) is 8.78 Å². The van der Waals surface area contributed by atoms with E-state index in [4.69, 9.17) is 0 Å². The molecule has 0 aliphatic carbocycles. The SMILES string of the molecule is [CH2]c1nn(C)cc1C(F)F. The van der Waals surface area contributed by atoms with E-state index in [2.05, 4.69) is 12.0 Å². The van der Waals surface area contributed by atoms with Gasteiger partial charge in [0.15, 0.2) is 0 Å². The minimum atomic E-state index is -2.47. The normalized spacial score (nSPS) is 10.9. The largest absolute Gasteiger partial charge is 0.275 e. The van der Waals surface area contributed by atoms with Crippen LogP contribution in [-0.4, -0.2) is 9.78 Å². The van der Waals surface area contributed by atoms with Crippen LogP contribution in [0.1, 0.15) is 17.7 Å². The van der Waals surface area contributed by atoms with Crippen LogP contribution in [0, 0.1) is 6.92 Å². The first-order valence-electron chi connectivity index (χ1n) is 2.75. The molecule has 2 nitrogen and oxygen atoms in total. The molecule has 0 spiro atoms. The van der Waals surface area contributed by atoms with Gasteiger partial charge in [-0.25, -0.2) is 8.78 Å². The van der Waals surface area contributed by atoms with Gasteiger partial charge in [-0.15, -0.1) is 0 Å². The molecule has 4 heteroatoms. The monoisotopic (exact) mass is 145 g/mol. The molecule has 1 heterocycles. The van der Waals surface area contributed by atoms with Crippen molar-refractivity contribution < 1.29 is 8.78 Å². The van der Waals surface area contributed by atoms with Crippen molar-refractivity contribution in [2.24, 2.45) is 7.05 Å². The molecule has 0 amide bonds. The number of nitrogens with zero attached hydrogens (tertiary/aromatic N) is 2. The van der Waals surface area contributed by atoms with Gasteiger partial charge < -0.3 is 0 Å². The van der Waals surface area contributed by atoms with E-state index < -0.39 is 6.43 Å². The number of alkyl halides is 2. The molecule has 1 radical (unpaired) electrons. The number of rotatable bonds is 1. The fourth-order valence-corrected chi connectivity index (χ4v) is 0.735. The summed E-state index contributed by atoms with van der Waals surface area (Å²) in [5.41, 5.74) is 0.0556. The third-order valence-electron chi connectivity index (χ3n) is 1.17. The third kappa shape index (κ3) is 1.15. The lowest BCUT2D eigenvalue weighted by molar-refractivity contribution is 0.151. The number of aryl methyl sites for hydroxylation is 1. The Hall–Kier alpha value is -0.930. The molecule has 0 unspecified atom stereocenters. The van der Waals surface area contributed by atoms with Gasteiger partial charge in [0.25, 0.3) is 6.43 Å². The number of hydrogen-bond donors (Lipinski definition) is 0. The predicted molar refractivity (Wildman–Crippen MR) is 32.6 cm³/mol. The summed E-state index contributed by atoms with van der Waals surface area (Å²) in [5, 5.41) is 3.66. The van der Waals surface area contributed by atoms with E-state index in [0.717, 1.165) is 0 Å². The van der Waals surface area contributed by atoms with E-state index in [9.17, 15) is 8.78 Å². The minimum Gasteiger partial charge on any atom is -0.275 e. The predicted octanol–water partition coefficient (Wildman–Crippen LogP) is 1.54. The molecule has 0 saturated carbocycles. The first kappa shape index (κ1) is 7.18. The van der Waals surface area contributed by atoms with Gasteiger partial charge in [0, 0.05) is 13.2 Å². The Morgan fingerprint density at radius 3 is 2.50 bits per heavy atom. The molecule has 0 aromatic carbocycles. The van der Waals surface area contributed by atoms with E-state index in [0.29, 0.717) is 0 Å². The molecule has 0 fully saturated rings. The summed E-state index contributed by atoms with van der Waals surface area (Å²) >= 11 is 0. The Bertz CT molecular complexity index is 230. The zero-order chi connectivity index (χ0) is 7.72. The Labute approximate surface area is 57.5 Å². The lowest BCUT2D eigenvalue weighted by Gasteiger charge is -1.91. The molecular weight excluding hydrogens is 138 g/mol. The van der Waals surface area contributed by atoms with Gasteiger partial charge >= 0.3 is 0 Å². The summed E-state index contributed by atoms with van der Waals surface area (Å²) in [6.45, 7) is 3.35. The fourth-order valence-electron chi connectivity index (χ4n) is 0.735. The van der Waals surface area contributed by atoms with Crippen LogP contribution in [-0.2, 0) is 7.05 Å². The third-order valence-corrected chi connectivity index (χ3v) is 1.17. The highest BCUT2D eigenvalue weighted by Crippen LogP contribution is 2.20. The van der Waals surface area contributed by atoms with Crippen molar-refractivity contribution in [2.45, 2.75) is 6.43 Å². The lowest BCUT2D eigenvalue weighted by Crippen LogP contribution is -1.86. The summed E-state index contributed by atoms with van der Waals surface area (Å²) in [7, 11) is 1.58. The van der Waals surface area contributed by atoms with Gasteiger partial charge in [-0.3, -0.25) is 4.68 Å². The van der Waals surface area contributed by atoms with Crippen molar-refractivity contribution in [1.29, 1.82) is 0 Å². The van der Waals surface area contributed by atoms with Crippen LogP contribution in [0.5, 0.6) is 0 Å². The zero-order valence-electron chi connectivity index (χ0n) is 5.51. The molecule has 55 valence electrons.